The molecule has 3 aliphatic rings. The number of nitrogens with zero attached hydrogens (tertiary/aromatic N) is 3. The highest BCUT2D eigenvalue weighted by Crippen LogP contribution is 2.38. The molecule has 11 heteroatoms. The first-order chi connectivity index (χ1) is 16.7. The molecule has 0 spiro atoms. The minimum Gasteiger partial charge on any atom is -0.454 e. The molecule has 2 fully saturated rings. The van der Waals surface area contributed by atoms with E-state index in [0.717, 1.165) is 25.2 Å². The van der Waals surface area contributed by atoms with E-state index in [4.69, 9.17) is 9.47 Å². The molecule has 2 aromatic carbocycles. The van der Waals surface area contributed by atoms with E-state index in [2.05, 4.69) is 10.2 Å². The monoisotopic (exact) mass is 490 g/mol. The zero-order chi connectivity index (χ0) is 24.7. The van der Waals surface area contributed by atoms with Crippen LogP contribution >= 0.6 is 0 Å². The molecule has 0 radical (unpaired) electrons. The minimum atomic E-state index is -4.54. The van der Waals surface area contributed by atoms with Gasteiger partial charge in [-0.3, -0.25) is 9.59 Å². The van der Waals surface area contributed by atoms with Crippen LogP contribution in [0.4, 0.5) is 30.2 Å². The Hall–Kier alpha value is -3.47. The van der Waals surface area contributed by atoms with E-state index in [1.54, 1.807) is 18.2 Å². The van der Waals surface area contributed by atoms with E-state index < -0.39 is 23.6 Å². The Labute approximate surface area is 200 Å². The first-order valence-electron chi connectivity index (χ1n) is 11.3. The third kappa shape index (κ3) is 4.72. The fraction of sp³-hybridized carbons (Fsp3) is 0.417. The molecule has 186 valence electrons. The second-order valence-corrected chi connectivity index (χ2v) is 8.95. The summed E-state index contributed by atoms with van der Waals surface area (Å²) in [6.45, 7) is 3.00. The van der Waals surface area contributed by atoms with E-state index in [1.807, 2.05) is 11.9 Å². The Balaban J connectivity index is 1.35. The van der Waals surface area contributed by atoms with Crippen molar-refractivity contribution >= 4 is 28.9 Å². The number of nitrogens with one attached hydrogen (secondary N) is 1. The maximum atomic E-state index is 13.4. The van der Waals surface area contributed by atoms with Gasteiger partial charge in [-0.2, -0.15) is 13.2 Å². The van der Waals surface area contributed by atoms with Crippen LogP contribution in [-0.4, -0.2) is 63.3 Å². The molecule has 3 aliphatic heterocycles. The lowest BCUT2D eigenvalue weighted by atomic mass is 10.1. The zero-order valence-electron chi connectivity index (χ0n) is 19.1. The molecule has 0 aliphatic carbocycles. The Bertz CT molecular complexity index is 1150. The van der Waals surface area contributed by atoms with Gasteiger partial charge in [0, 0.05) is 50.9 Å². The molecule has 2 saturated heterocycles. The number of rotatable bonds is 4. The maximum absolute atomic E-state index is 13.4. The smallest absolute Gasteiger partial charge is 0.416 e. The van der Waals surface area contributed by atoms with E-state index in [-0.39, 0.29) is 31.4 Å². The summed E-state index contributed by atoms with van der Waals surface area (Å²) in [7, 11) is 1.98. The van der Waals surface area contributed by atoms with Crippen molar-refractivity contribution in [1.82, 2.24) is 4.90 Å². The summed E-state index contributed by atoms with van der Waals surface area (Å²) < 4.78 is 50.9. The number of hydrogen-bond acceptors (Lipinski definition) is 6. The highest BCUT2D eigenvalue weighted by Gasteiger charge is 2.37. The second kappa shape index (κ2) is 8.95. The molecule has 2 aromatic rings. The van der Waals surface area contributed by atoms with Gasteiger partial charge in [0.2, 0.25) is 18.6 Å². The summed E-state index contributed by atoms with van der Waals surface area (Å²) in [5.74, 6) is -0.342. The van der Waals surface area contributed by atoms with Crippen molar-refractivity contribution in [2.24, 2.45) is 5.92 Å². The summed E-state index contributed by atoms with van der Waals surface area (Å²) in [6.07, 6.45) is -4.58. The SMILES string of the molecule is CN1CCN(c2ccc(C(F)(F)F)cc2NC(=O)C2CC(=O)N(c3ccc4c(c3)OCO4)C2)CC1. The molecule has 0 saturated carbocycles. The zero-order valence-corrected chi connectivity index (χ0v) is 19.1. The van der Waals surface area contributed by atoms with Crippen molar-refractivity contribution < 1.29 is 32.2 Å². The van der Waals surface area contributed by atoms with Crippen LogP contribution in [0.2, 0.25) is 0 Å². The third-order valence-electron chi connectivity index (χ3n) is 6.59. The number of hydrogen-bond donors (Lipinski definition) is 1. The summed E-state index contributed by atoms with van der Waals surface area (Å²) in [6, 6.07) is 8.50. The molecule has 1 atom stereocenters. The lowest BCUT2D eigenvalue weighted by Gasteiger charge is -2.35. The summed E-state index contributed by atoms with van der Waals surface area (Å²) >= 11 is 0. The van der Waals surface area contributed by atoms with Crippen molar-refractivity contribution in [1.29, 1.82) is 0 Å². The van der Waals surface area contributed by atoms with Crippen LogP contribution in [0.15, 0.2) is 36.4 Å². The van der Waals surface area contributed by atoms with Crippen molar-refractivity contribution in [3.63, 3.8) is 0 Å². The van der Waals surface area contributed by atoms with Gasteiger partial charge in [-0.1, -0.05) is 0 Å². The minimum absolute atomic E-state index is 0.0386. The van der Waals surface area contributed by atoms with Gasteiger partial charge < -0.3 is 29.5 Å². The van der Waals surface area contributed by atoms with Crippen molar-refractivity contribution in [2.45, 2.75) is 12.6 Å². The number of piperazine rings is 1. The molecule has 5 rings (SSSR count). The van der Waals surface area contributed by atoms with Crippen LogP contribution in [0.25, 0.3) is 0 Å². The number of carbonyl (C=O) groups excluding carboxylic acids is 2. The fourth-order valence-corrected chi connectivity index (χ4v) is 4.56. The van der Waals surface area contributed by atoms with Gasteiger partial charge in [-0.25, -0.2) is 0 Å². The molecule has 8 nitrogen and oxygen atoms in total. The fourth-order valence-electron chi connectivity index (χ4n) is 4.56. The molecule has 2 amide bonds. The highest BCUT2D eigenvalue weighted by molar-refractivity contribution is 6.04. The van der Waals surface area contributed by atoms with Crippen molar-refractivity contribution in [3.8, 4) is 11.5 Å². The van der Waals surface area contributed by atoms with Gasteiger partial charge in [0.25, 0.3) is 0 Å². The number of ether oxygens (including phenoxy) is 2. The second-order valence-electron chi connectivity index (χ2n) is 8.95. The molecule has 0 bridgehead atoms. The molecule has 0 aromatic heterocycles. The first-order valence-corrected chi connectivity index (χ1v) is 11.3. The number of amides is 2. The van der Waals surface area contributed by atoms with Gasteiger partial charge in [0.05, 0.1) is 22.9 Å². The largest absolute Gasteiger partial charge is 0.454 e. The number of alkyl halides is 3. The van der Waals surface area contributed by atoms with Gasteiger partial charge in [-0.05, 0) is 37.4 Å². The molecule has 1 unspecified atom stereocenters. The Morgan fingerprint density at radius 2 is 1.77 bits per heavy atom. The molecule has 35 heavy (non-hydrogen) atoms. The van der Waals surface area contributed by atoms with Crippen LogP contribution in [0.5, 0.6) is 11.5 Å². The lowest BCUT2D eigenvalue weighted by molar-refractivity contribution is -0.137. The summed E-state index contributed by atoms with van der Waals surface area (Å²) in [5, 5.41) is 2.69. The van der Waals surface area contributed by atoms with E-state index >= 15 is 0 Å². The van der Waals surface area contributed by atoms with Gasteiger partial charge in [0.1, 0.15) is 0 Å². The molecule has 1 N–H and O–H groups in total. The molecular formula is C24H25F3N4O4. The number of likely N-dealkylation sites (N-methyl/N-ethyl adjacent to an activating group) is 1. The highest BCUT2D eigenvalue weighted by atomic mass is 19.4. The Morgan fingerprint density at radius 1 is 1.03 bits per heavy atom. The molecular weight excluding hydrogens is 465 g/mol. The van der Waals surface area contributed by atoms with Gasteiger partial charge >= 0.3 is 6.18 Å². The van der Waals surface area contributed by atoms with Crippen LogP contribution in [0.1, 0.15) is 12.0 Å². The van der Waals surface area contributed by atoms with Crippen LogP contribution in [0, 0.1) is 5.92 Å². The standard InChI is InChI=1S/C24H25F3N4O4/c1-29-6-8-30(9-7-29)19-4-2-16(24(25,26)27)11-18(19)28-23(33)15-10-22(32)31(13-15)17-3-5-20-21(12-17)35-14-34-20/h2-5,11-12,15H,6-10,13-14H2,1H3,(H,28,33). The summed E-state index contributed by atoms with van der Waals surface area (Å²) in [4.78, 5) is 31.4. The van der Waals surface area contributed by atoms with Crippen molar-refractivity contribution in [3.05, 3.63) is 42.0 Å². The van der Waals surface area contributed by atoms with Gasteiger partial charge in [-0.15, -0.1) is 0 Å². The van der Waals surface area contributed by atoms with E-state index in [9.17, 15) is 22.8 Å². The van der Waals surface area contributed by atoms with Gasteiger partial charge in [0.15, 0.2) is 11.5 Å². The third-order valence-corrected chi connectivity index (χ3v) is 6.59. The predicted molar refractivity (Wildman–Crippen MR) is 123 cm³/mol. The maximum Gasteiger partial charge on any atom is 0.416 e. The Kier molecular flexibility index (Phi) is 5.96. The average molecular weight is 490 g/mol. The summed E-state index contributed by atoms with van der Waals surface area (Å²) in [5.41, 5.74) is 0.377. The first kappa shape index (κ1) is 23.3. The van der Waals surface area contributed by atoms with Crippen LogP contribution < -0.4 is 24.6 Å². The number of fused-ring (bicyclic) bond motifs is 1. The molecule has 3 heterocycles. The normalized spacial score (nSPS) is 20.5. The number of halogens is 3. The number of benzene rings is 2. The Morgan fingerprint density at radius 3 is 2.51 bits per heavy atom. The van der Waals surface area contributed by atoms with E-state index in [1.165, 1.54) is 11.0 Å². The van der Waals surface area contributed by atoms with Crippen LogP contribution in [-0.2, 0) is 15.8 Å². The van der Waals surface area contributed by atoms with E-state index in [0.29, 0.717) is 36.0 Å². The lowest BCUT2D eigenvalue weighted by Crippen LogP contribution is -2.44. The predicted octanol–water partition coefficient (Wildman–Crippen LogP) is 3.18. The average Bonchev–Trinajstić information content (AvgIpc) is 3.45. The topological polar surface area (TPSA) is 74.4 Å². The van der Waals surface area contributed by atoms with Crippen LogP contribution in [0.3, 0.4) is 0 Å². The van der Waals surface area contributed by atoms with Crippen molar-refractivity contribution in [2.75, 3.05) is 61.7 Å². The quantitative estimate of drug-likeness (QED) is 0.710. The number of carbonyl (C=O) groups is 2. The number of anilines is 3.